The molecule has 2 rings (SSSR count). The van der Waals surface area contributed by atoms with E-state index < -0.39 is 0 Å². The van der Waals surface area contributed by atoms with Gasteiger partial charge in [-0.1, -0.05) is 30.7 Å². The zero-order valence-corrected chi connectivity index (χ0v) is 11.5. The van der Waals surface area contributed by atoms with Gasteiger partial charge in [0, 0.05) is 17.1 Å². The highest BCUT2D eigenvalue weighted by molar-refractivity contribution is 6.30. The van der Waals surface area contributed by atoms with Gasteiger partial charge in [-0.05, 0) is 56.2 Å². The first-order chi connectivity index (χ1) is 8.19. The Kier molecular flexibility index (Phi) is 4.47. The minimum Gasteiger partial charge on any atom is -0.311 e. The summed E-state index contributed by atoms with van der Waals surface area (Å²) in [5.41, 5.74) is 1.36. The summed E-state index contributed by atoms with van der Waals surface area (Å²) < 4.78 is 0. The SMILES string of the molecule is CCC(NC(C)Cc1ccc(Cl)cc1)C1CC1. The predicted octanol–water partition coefficient (Wildman–Crippen LogP) is 4.05. The average molecular weight is 252 g/mol. The second-order valence-electron chi connectivity index (χ2n) is 5.25. The molecule has 0 saturated heterocycles. The Labute approximate surface area is 110 Å². The molecule has 1 aromatic rings. The molecule has 1 nitrogen and oxygen atoms in total. The zero-order valence-electron chi connectivity index (χ0n) is 10.7. The molecule has 1 aliphatic carbocycles. The Morgan fingerprint density at radius 3 is 2.47 bits per heavy atom. The van der Waals surface area contributed by atoms with Crippen LogP contribution in [0.2, 0.25) is 5.02 Å². The van der Waals surface area contributed by atoms with Crippen LogP contribution in [0.5, 0.6) is 0 Å². The maximum absolute atomic E-state index is 5.89. The number of rotatable bonds is 6. The van der Waals surface area contributed by atoms with Gasteiger partial charge in [0.15, 0.2) is 0 Å². The van der Waals surface area contributed by atoms with Gasteiger partial charge >= 0.3 is 0 Å². The Hall–Kier alpha value is -0.530. The number of hydrogen-bond acceptors (Lipinski definition) is 1. The molecule has 1 aliphatic rings. The van der Waals surface area contributed by atoms with Gasteiger partial charge in [-0.15, -0.1) is 0 Å². The molecule has 1 aromatic carbocycles. The van der Waals surface area contributed by atoms with Gasteiger partial charge in [-0.25, -0.2) is 0 Å². The quantitative estimate of drug-likeness (QED) is 0.804. The van der Waals surface area contributed by atoms with Crippen molar-refractivity contribution < 1.29 is 0 Å². The number of hydrogen-bond donors (Lipinski definition) is 1. The van der Waals surface area contributed by atoms with E-state index in [1.54, 1.807) is 0 Å². The normalized spacial score (nSPS) is 19.0. The summed E-state index contributed by atoms with van der Waals surface area (Å²) in [6.45, 7) is 4.56. The fourth-order valence-corrected chi connectivity index (χ4v) is 2.61. The van der Waals surface area contributed by atoms with Crippen molar-refractivity contribution in [3.63, 3.8) is 0 Å². The van der Waals surface area contributed by atoms with Crippen molar-refractivity contribution in [2.75, 3.05) is 0 Å². The van der Waals surface area contributed by atoms with Crippen LogP contribution < -0.4 is 5.32 Å². The highest BCUT2D eigenvalue weighted by atomic mass is 35.5. The van der Waals surface area contributed by atoms with E-state index in [0.29, 0.717) is 6.04 Å². The molecule has 1 saturated carbocycles. The zero-order chi connectivity index (χ0) is 12.3. The summed E-state index contributed by atoms with van der Waals surface area (Å²) in [4.78, 5) is 0. The van der Waals surface area contributed by atoms with Gasteiger partial charge in [-0.2, -0.15) is 0 Å². The van der Waals surface area contributed by atoms with Crippen molar-refractivity contribution in [3.05, 3.63) is 34.9 Å². The molecule has 0 aromatic heterocycles. The summed E-state index contributed by atoms with van der Waals surface area (Å²) in [7, 11) is 0. The predicted molar refractivity (Wildman–Crippen MR) is 74.6 cm³/mol. The minimum absolute atomic E-state index is 0.543. The fourth-order valence-electron chi connectivity index (χ4n) is 2.48. The molecule has 17 heavy (non-hydrogen) atoms. The van der Waals surface area contributed by atoms with Crippen molar-refractivity contribution in [2.45, 2.75) is 51.6 Å². The third-order valence-electron chi connectivity index (χ3n) is 3.58. The first kappa shape index (κ1) is 12.9. The lowest BCUT2D eigenvalue weighted by Gasteiger charge is -2.22. The maximum atomic E-state index is 5.89. The van der Waals surface area contributed by atoms with E-state index in [9.17, 15) is 0 Å². The van der Waals surface area contributed by atoms with Crippen molar-refractivity contribution in [1.82, 2.24) is 5.32 Å². The van der Waals surface area contributed by atoms with Crippen LogP contribution in [-0.2, 0) is 6.42 Å². The standard InChI is InChI=1S/C15H22ClN/c1-3-15(13-6-7-13)17-11(2)10-12-4-8-14(16)9-5-12/h4-5,8-9,11,13,15,17H,3,6-7,10H2,1-2H3. The van der Waals surface area contributed by atoms with E-state index in [2.05, 4.69) is 31.3 Å². The summed E-state index contributed by atoms with van der Waals surface area (Å²) in [5.74, 6) is 0.938. The molecule has 0 spiro atoms. The minimum atomic E-state index is 0.543. The van der Waals surface area contributed by atoms with Gasteiger partial charge in [-0.3, -0.25) is 0 Å². The van der Waals surface area contributed by atoms with Gasteiger partial charge in [0.2, 0.25) is 0 Å². The highest BCUT2D eigenvalue weighted by Gasteiger charge is 2.30. The van der Waals surface area contributed by atoms with Gasteiger partial charge < -0.3 is 5.32 Å². The summed E-state index contributed by atoms with van der Waals surface area (Å²) in [6, 6.07) is 9.46. The van der Waals surface area contributed by atoms with Crippen molar-refractivity contribution in [3.8, 4) is 0 Å². The lowest BCUT2D eigenvalue weighted by atomic mass is 10.0. The molecule has 0 bridgehead atoms. The maximum Gasteiger partial charge on any atom is 0.0406 e. The van der Waals surface area contributed by atoms with Gasteiger partial charge in [0.1, 0.15) is 0 Å². The molecule has 0 radical (unpaired) electrons. The Morgan fingerprint density at radius 1 is 1.29 bits per heavy atom. The molecule has 1 fully saturated rings. The van der Waals surface area contributed by atoms with E-state index in [0.717, 1.165) is 23.4 Å². The highest BCUT2D eigenvalue weighted by Crippen LogP contribution is 2.34. The van der Waals surface area contributed by atoms with Gasteiger partial charge in [0.25, 0.3) is 0 Å². The first-order valence-electron chi connectivity index (χ1n) is 6.69. The second-order valence-corrected chi connectivity index (χ2v) is 5.69. The van der Waals surface area contributed by atoms with Crippen LogP contribution in [0, 0.1) is 5.92 Å². The summed E-state index contributed by atoms with van der Waals surface area (Å²) in [5, 5.41) is 4.58. The molecule has 0 amide bonds. The topological polar surface area (TPSA) is 12.0 Å². The number of benzene rings is 1. The van der Waals surface area contributed by atoms with Crippen LogP contribution in [0.25, 0.3) is 0 Å². The number of halogens is 1. The van der Waals surface area contributed by atoms with Crippen molar-refractivity contribution in [2.24, 2.45) is 5.92 Å². The summed E-state index contributed by atoms with van der Waals surface area (Å²) >= 11 is 5.89. The molecule has 2 unspecified atom stereocenters. The lowest BCUT2D eigenvalue weighted by Crippen LogP contribution is -2.38. The average Bonchev–Trinajstić information content (AvgIpc) is 3.13. The molecule has 1 N–H and O–H groups in total. The van der Waals surface area contributed by atoms with Crippen LogP contribution >= 0.6 is 11.6 Å². The van der Waals surface area contributed by atoms with E-state index in [-0.39, 0.29) is 0 Å². The van der Waals surface area contributed by atoms with Crippen molar-refractivity contribution in [1.29, 1.82) is 0 Å². The smallest absolute Gasteiger partial charge is 0.0406 e. The van der Waals surface area contributed by atoms with Crippen LogP contribution in [0.3, 0.4) is 0 Å². The molecule has 0 aliphatic heterocycles. The monoisotopic (exact) mass is 251 g/mol. The molecule has 94 valence electrons. The third kappa shape index (κ3) is 4.01. The van der Waals surface area contributed by atoms with E-state index in [1.165, 1.54) is 24.8 Å². The third-order valence-corrected chi connectivity index (χ3v) is 3.84. The Bertz CT molecular complexity index is 342. The van der Waals surface area contributed by atoms with Crippen LogP contribution in [0.15, 0.2) is 24.3 Å². The van der Waals surface area contributed by atoms with Crippen molar-refractivity contribution >= 4 is 11.6 Å². The van der Waals surface area contributed by atoms with E-state index in [4.69, 9.17) is 11.6 Å². The Morgan fingerprint density at radius 2 is 1.94 bits per heavy atom. The lowest BCUT2D eigenvalue weighted by molar-refractivity contribution is 0.397. The first-order valence-corrected chi connectivity index (χ1v) is 7.07. The number of nitrogens with one attached hydrogen (secondary N) is 1. The second kappa shape index (κ2) is 5.88. The summed E-state index contributed by atoms with van der Waals surface area (Å²) in [6.07, 6.45) is 5.16. The van der Waals surface area contributed by atoms with Crippen LogP contribution in [0.1, 0.15) is 38.7 Å². The molecule has 0 heterocycles. The Balaban J connectivity index is 1.83. The largest absolute Gasteiger partial charge is 0.311 e. The fraction of sp³-hybridized carbons (Fsp3) is 0.600. The van der Waals surface area contributed by atoms with E-state index >= 15 is 0 Å². The van der Waals surface area contributed by atoms with Crippen LogP contribution in [-0.4, -0.2) is 12.1 Å². The molecule has 2 heteroatoms. The van der Waals surface area contributed by atoms with E-state index in [1.807, 2.05) is 12.1 Å². The molecular formula is C15H22ClN. The van der Waals surface area contributed by atoms with Crippen LogP contribution in [0.4, 0.5) is 0 Å². The molecule has 2 atom stereocenters. The molecular weight excluding hydrogens is 230 g/mol. The van der Waals surface area contributed by atoms with Gasteiger partial charge in [0.05, 0.1) is 0 Å².